The van der Waals surface area contributed by atoms with Crippen molar-refractivity contribution in [1.29, 1.82) is 0 Å². The molecule has 0 saturated carbocycles. The summed E-state index contributed by atoms with van der Waals surface area (Å²) in [5.41, 5.74) is 2.12. The highest BCUT2D eigenvalue weighted by Gasteiger charge is 2.03. The molecule has 6 heteroatoms. The second-order valence-electron chi connectivity index (χ2n) is 4.70. The maximum Gasteiger partial charge on any atom is 0.216 e. The van der Waals surface area contributed by atoms with Gasteiger partial charge in [0.1, 0.15) is 0 Å². The topological polar surface area (TPSA) is 66.9 Å². The zero-order chi connectivity index (χ0) is 14.9. The number of carbonyl (C=O) groups excluding carboxylic acids is 1. The quantitative estimate of drug-likeness (QED) is 0.731. The molecular weight excluding hydrogens is 284 g/mol. The first-order valence-electron chi connectivity index (χ1n) is 7.05. The summed E-state index contributed by atoms with van der Waals surface area (Å²) < 4.78 is 0. The van der Waals surface area contributed by atoms with Crippen molar-refractivity contribution in [1.82, 2.24) is 20.6 Å². The van der Waals surface area contributed by atoms with E-state index in [0.29, 0.717) is 0 Å². The van der Waals surface area contributed by atoms with Crippen molar-refractivity contribution in [2.45, 2.75) is 19.8 Å². The van der Waals surface area contributed by atoms with E-state index in [1.54, 1.807) is 23.7 Å². The molecule has 0 bridgehead atoms. The Morgan fingerprint density at radius 3 is 2.81 bits per heavy atom. The molecule has 0 aliphatic rings. The van der Waals surface area contributed by atoms with Gasteiger partial charge in [-0.3, -0.25) is 9.78 Å². The lowest BCUT2D eigenvalue weighted by Gasteiger charge is -2.04. The van der Waals surface area contributed by atoms with Crippen molar-refractivity contribution >= 4 is 17.2 Å². The van der Waals surface area contributed by atoms with Crippen LogP contribution in [0.4, 0.5) is 0 Å². The lowest BCUT2D eigenvalue weighted by molar-refractivity contribution is -0.118. The lowest BCUT2D eigenvalue weighted by Crippen LogP contribution is -2.26. The largest absolute Gasteiger partial charge is 0.356 e. The van der Waals surface area contributed by atoms with Gasteiger partial charge in [0.05, 0.1) is 10.7 Å². The molecule has 2 heterocycles. The van der Waals surface area contributed by atoms with Crippen molar-refractivity contribution in [3.63, 3.8) is 0 Å². The van der Waals surface area contributed by atoms with Crippen molar-refractivity contribution in [3.8, 4) is 11.3 Å². The summed E-state index contributed by atoms with van der Waals surface area (Å²) in [6.45, 7) is 4.08. The fourth-order valence-corrected chi connectivity index (χ4v) is 2.69. The fraction of sp³-hybridized carbons (Fsp3) is 0.400. The van der Waals surface area contributed by atoms with Crippen LogP contribution in [0.25, 0.3) is 11.3 Å². The number of hydrogen-bond acceptors (Lipinski definition) is 5. The van der Waals surface area contributed by atoms with Crippen molar-refractivity contribution in [3.05, 3.63) is 34.9 Å². The van der Waals surface area contributed by atoms with E-state index in [9.17, 15) is 4.79 Å². The van der Waals surface area contributed by atoms with Crippen LogP contribution in [0.2, 0.25) is 0 Å². The molecule has 0 saturated heterocycles. The summed E-state index contributed by atoms with van der Waals surface area (Å²) >= 11 is 1.69. The van der Waals surface area contributed by atoms with Gasteiger partial charge in [-0.1, -0.05) is 0 Å². The van der Waals surface area contributed by atoms with Gasteiger partial charge in [-0.25, -0.2) is 4.98 Å². The number of aromatic nitrogens is 2. The van der Waals surface area contributed by atoms with Crippen LogP contribution in [0.5, 0.6) is 0 Å². The minimum atomic E-state index is 0.0291. The van der Waals surface area contributed by atoms with Crippen LogP contribution in [-0.4, -0.2) is 35.5 Å². The number of amides is 1. The Labute approximate surface area is 128 Å². The van der Waals surface area contributed by atoms with E-state index < -0.39 is 0 Å². The molecule has 0 spiro atoms. The second-order valence-corrected chi connectivity index (χ2v) is 5.64. The van der Waals surface area contributed by atoms with E-state index in [-0.39, 0.29) is 5.91 Å². The van der Waals surface area contributed by atoms with E-state index in [1.165, 1.54) is 6.92 Å². The smallest absolute Gasteiger partial charge is 0.216 e. The van der Waals surface area contributed by atoms with Gasteiger partial charge in [0, 0.05) is 49.8 Å². The van der Waals surface area contributed by atoms with E-state index in [2.05, 4.69) is 26.0 Å². The van der Waals surface area contributed by atoms with Crippen LogP contribution in [0.15, 0.2) is 29.9 Å². The highest BCUT2D eigenvalue weighted by Crippen LogP contribution is 2.21. The van der Waals surface area contributed by atoms with Crippen LogP contribution >= 0.6 is 11.3 Å². The van der Waals surface area contributed by atoms with Crippen LogP contribution in [0, 0.1) is 0 Å². The summed E-state index contributed by atoms with van der Waals surface area (Å²) in [6, 6.07) is 3.94. The van der Waals surface area contributed by atoms with E-state index >= 15 is 0 Å². The van der Waals surface area contributed by atoms with Gasteiger partial charge in [0.25, 0.3) is 0 Å². The normalized spacial score (nSPS) is 10.5. The van der Waals surface area contributed by atoms with Crippen LogP contribution in [0.1, 0.15) is 18.4 Å². The molecule has 0 radical (unpaired) electrons. The molecule has 0 atom stereocenters. The Balaban J connectivity index is 1.66. The monoisotopic (exact) mass is 304 g/mol. The van der Waals surface area contributed by atoms with Crippen molar-refractivity contribution in [2.75, 3.05) is 19.6 Å². The number of thiazole rings is 1. The third kappa shape index (κ3) is 5.61. The molecule has 0 aliphatic heterocycles. The first-order valence-corrected chi connectivity index (χ1v) is 7.93. The van der Waals surface area contributed by atoms with Gasteiger partial charge in [0.15, 0.2) is 0 Å². The molecule has 2 aromatic heterocycles. The summed E-state index contributed by atoms with van der Waals surface area (Å²) in [4.78, 5) is 19.3. The predicted octanol–water partition coefficient (Wildman–Crippen LogP) is 1.86. The maximum absolute atomic E-state index is 10.7. The van der Waals surface area contributed by atoms with Crippen molar-refractivity contribution < 1.29 is 4.79 Å². The van der Waals surface area contributed by atoms with Gasteiger partial charge >= 0.3 is 0 Å². The zero-order valence-corrected chi connectivity index (χ0v) is 12.9. The third-order valence-electron chi connectivity index (χ3n) is 2.95. The molecule has 2 N–H and O–H groups in total. The average Bonchev–Trinajstić information content (AvgIpc) is 2.96. The Hall–Kier alpha value is -1.79. The highest BCUT2D eigenvalue weighted by atomic mass is 32.1. The Bertz CT molecular complexity index is 556. The number of hydrogen-bond donors (Lipinski definition) is 2. The van der Waals surface area contributed by atoms with Gasteiger partial charge < -0.3 is 10.6 Å². The second kappa shape index (κ2) is 8.49. The van der Waals surface area contributed by atoms with Crippen LogP contribution in [-0.2, 0) is 11.2 Å². The molecule has 0 fully saturated rings. The Morgan fingerprint density at radius 2 is 2.05 bits per heavy atom. The number of carbonyl (C=O) groups is 1. The molecule has 2 rings (SSSR count). The summed E-state index contributed by atoms with van der Waals surface area (Å²) in [6.07, 6.45) is 5.44. The van der Waals surface area contributed by atoms with Gasteiger partial charge in [-0.15, -0.1) is 11.3 Å². The number of rotatable bonds is 8. The minimum Gasteiger partial charge on any atom is -0.356 e. The van der Waals surface area contributed by atoms with Crippen molar-refractivity contribution in [2.24, 2.45) is 0 Å². The highest BCUT2D eigenvalue weighted by molar-refractivity contribution is 7.09. The number of pyridine rings is 1. The molecular formula is C15H20N4OS. The zero-order valence-electron chi connectivity index (χ0n) is 12.1. The van der Waals surface area contributed by atoms with Gasteiger partial charge in [0.2, 0.25) is 5.91 Å². The summed E-state index contributed by atoms with van der Waals surface area (Å²) in [5, 5.41) is 9.36. The maximum atomic E-state index is 10.7. The lowest BCUT2D eigenvalue weighted by atomic mass is 10.2. The first kappa shape index (κ1) is 15.6. The van der Waals surface area contributed by atoms with Gasteiger partial charge in [-0.2, -0.15) is 0 Å². The molecule has 21 heavy (non-hydrogen) atoms. The third-order valence-corrected chi connectivity index (χ3v) is 3.86. The Morgan fingerprint density at radius 1 is 1.24 bits per heavy atom. The van der Waals surface area contributed by atoms with E-state index in [4.69, 9.17) is 0 Å². The molecule has 112 valence electrons. The fourth-order valence-electron chi connectivity index (χ4n) is 1.88. The summed E-state index contributed by atoms with van der Waals surface area (Å²) in [7, 11) is 0. The number of nitrogens with one attached hydrogen (secondary N) is 2. The van der Waals surface area contributed by atoms with E-state index in [1.807, 2.05) is 12.1 Å². The predicted molar refractivity (Wildman–Crippen MR) is 85.2 cm³/mol. The SMILES string of the molecule is CC(=O)NCCCNCCc1nc(-c2ccncc2)cs1. The van der Waals surface area contributed by atoms with Crippen LogP contribution < -0.4 is 10.6 Å². The van der Waals surface area contributed by atoms with Crippen LogP contribution in [0.3, 0.4) is 0 Å². The van der Waals surface area contributed by atoms with E-state index in [0.717, 1.165) is 48.7 Å². The minimum absolute atomic E-state index is 0.0291. The Kier molecular flexibility index (Phi) is 6.30. The molecule has 0 aliphatic carbocycles. The van der Waals surface area contributed by atoms with Gasteiger partial charge in [-0.05, 0) is 25.1 Å². The summed E-state index contributed by atoms with van der Waals surface area (Å²) in [5.74, 6) is 0.0291. The molecule has 2 aromatic rings. The standard InChI is InChI=1S/C15H20N4OS/c1-12(20)18-7-2-6-16-10-5-15-19-14(11-21-15)13-3-8-17-9-4-13/h3-4,8-9,11,16H,2,5-7,10H2,1H3,(H,18,20). The molecule has 5 nitrogen and oxygen atoms in total. The molecule has 0 aromatic carbocycles. The molecule has 1 amide bonds. The average molecular weight is 304 g/mol. The molecule has 0 unspecified atom stereocenters. The first-order chi connectivity index (χ1) is 10.3. The number of nitrogens with zero attached hydrogens (tertiary/aromatic N) is 2.